The molecule has 1 heterocycles. The summed E-state index contributed by atoms with van der Waals surface area (Å²) < 4.78 is 5.94. The molecule has 0 spiro atoms. The third-order valence-electron chi connectivity index (χ3n) is 3.77. The molecular weight excluding hydrogens is 254 g/mol. The highest BCUT2D eigenvalue weighted by Gasteiger charge is 2.30. The van der Waals surface area contributed by atoms with Crippen LogP contribution in [0.1, 0.15) is 65.7 Å². The smallest absolute Gasteiger partial charge is 0.0757 e. The van der Waals surface area contributed by atoms with E-state index >= 15 is 0 Å². The minimum atomic E-state index is 0.0323. The second-order valence-corrected chi connectivity index (χ2v) is 7.07. The molecule has 0 bridgehead atoms. The van der Waals surface area contributed by atoms with E-state index in [9.17, 15) is 0 Å². The van der Waals surface area contributed by atoms with Crippen LogP contribution in [0.2, 0.25) is 0 Å². The van der Waals surface area contributed by atoms with E-state index in [2.05, 4.69) is 38.3 Å². The van der Waals surface area contributed by atoms with Gasteiger partial charge in [0, 0.05) is 13.1 Å². The maximum atomic E-state index is 5.94. The Morgan fingerprint density at radius 3 is 2.21 bits per heavy atom. The Hall–Kier alpha value is 0.270. The lowest BCUT2D eigenvalue weighted by Crippen LogP contribution is -2.51. The van der Waals surface area contributed by atoms with Crippen molar-refractivity contribution in [3.8, 4) is 0 Å². The monoisotopic (exact) mass is 287 g/mol. The Morgan fingerprint density at radius 2 is 1.63 bits per heavy atom. The second kappa shape index (κ2) is 9.25. The number of ether oxygens (including phenoxy) is 1. The molecule has 0 amide bonds. The van der Waals surface area contributed by atoms with Crippen LogP contribution in [0.4, 0.5) is 0 Å². The van der Waals surface area contributed by atoms with Crippen LogP contribution in [0, 0.1) is 0 Å². The molecule has 0 aromatic heterocycles. The molecule has 1 fully saturated rings. The molecule has 1 unspecified atom stereocenters. The van der Waals surface area contributed by atoms with Crippen molar-refractivity contribution in [2.45, 2.75) is 77.4 Å². The predicted octanol–water partition coefficient (Wildman–Crippen LogP) is 4.15. The number of nitrogens with zero attached hydrogens (tertiary/aromatic N) is 1. The van der Waals surface area contributed by atoms with Crippen LogP contribution in [0.3, 0.4) is 0 Å². The van der Waals surface area contributed by atoms with Gasteiger partial charge in [-0.2, -0.15) is 12.6 Å². The highest BCUT2D eigenvalue weighted by Crippen LogP contribution is 2.21. The van der Waals surface area contributed by atoms with Crippen molar-refractivity contribution < 1.29 is 4.74 Å². The first kappa shape index (κ1) is 17.3. The van der Waals surface area contributed by atoms with Crippen molar-refractivity contribution in [1.29, 1.82) is 0 Å². The molecule has 0 saturated carbocycles. The van der Waals surface area contributed by atoms with Crippen LogP contribution in [0.25, 0.3) is 0 Å². The predicted molar refractivity (Wildman–Crippen MR) is 87.2 cm³/mol. The van der Waals surface area contributed by atoms with Gasteiger partial charge >= 0.3 is 0 Å². The molecule has 1 rings (SSSR count). The zero-order chi connectivity index (χ0) is 14.1. The Balaban J connectivity index is 2.00. The van der Waals surface area contributed by atoms with Crippen molar-refractivity contribution in [2.24, 2.45) is 0 Å². The van der Waals surface area contributed by atoms with E-state index in [-0.39, 0.29) is 5.60 Å². The van der Waals surface area contributed by atoms with E-state index in [1.165, 1.54) is 51.5 Å². The highest BCUT2D eigenvalue weighted by molar-refractivity contribution is 7.80. The SMILES string of the molecule is CC1CN(CCCCCCCCCS)CC(C)(C)O1. The van der Waals surface area contributed by atoms with Gasteiger partial charge in [-0.25, -0.2) is 0 Å². The molecular formula is C16H33NOS. The van der Waals surface area contributed by atoms with Gasteiger partial charge in [0.2, 0.25) is 0 Å². The highest BCUT2D eigenvalue weighted by atomic mass is 32.1. The molecule has 1 saturated heterocycles. The Bertz CT molecular complexity index is 233. The molecule has 114 valence electrons. The van der Waals surface area contributed by atoms with E-state index < -0.39 is 0 Å². The van der Waals surface area contributed by atoms with Crippen molar-refractivity contribution in [1.82, 2.24) is 4.90 Å². The van der Waals surface area contributed by atoms with Gasteiger partial charge in [-0.15, -0.1) is 0 Å². The summed E-state index contributed by atoms with van der Waals surface area (Å²) in [5.74, 6) is 1.05. The van der Waals surface area contributed by atoms with Gasteiger partial charge in [-0.3, -0.25) is 4.90 Å². The van der Waals surface area contributed by atoms with Gasteiger partial charge in [0.15, 0.2) is 0 Å². The van der Waals surface area contributed by atoms with Crippen LogP contribution >= 0.6 is 12.6 Å². The third-order valence-corrected chi connectivity index (χ3v) is 4.09. The van der Waals surface area contributed by atoms with Gasteiger partial charge in [-0.05, 0) is 45.9 Å². The zero-order valence-corrected chi connectivity index (χ0v) is 14.1. The van der Waals surface area contributed by atoms with Crippen molar-refractivity contribution in [3.63, 3.8) is 0 Å². The van der Waals surface area contributed by atoms with Gasteiger partial charge in [-0.1, -0.05) is 32.1 Å². The summed E-state index contributed by atoms with van der Waals surface area (Å²) in [5.41, 5.74) is 0.0323. The average Bonchev–Trinajstić information content (AvgIpc) is 2.30. The second-order valence-electron chi connectivity index (χ2n) is 6.62. The van der Waals surface area contributed by atoms with Crippen molar-refractivity contribution in [2.75, 3.05) is 25.4 Å². The summed E-state index contributed by atoms with van der Waals surface area (Å²) in [4.78, 5) is 2.58. The van der Waals surface area contributed by atoms with E-state index in [1.807, 2.05) is 0 Å². The average molecular weight is 288 g/mol. The van der Waals surface area contributed by atoms with Crippen LogP contribution in [-0.4, -0.2) is 42.0 Å². The Kier molecular flexibility index (Phi) is 8.43. The molecule has 3 heteroatoms. The molecule has 0 aromatic carbocycles. The maximum Gasteiger partial charge on any atom is 0.0757 e. The normalized spacial score (nSPS) is 23.7. The summed E-state index contributed by atoms with van der Waals surface area (Å²) in [7, 11) is 0. The van der Waals surface area contributed by atoms with Crippen LogP contribution in [-0.2, 0) is 4.74 Å². The molecule has 19 heavy (non-hydrogen) atoms. The summed E-state index contributed by atoms with van der Waals surface area (Å²) in [5, 5.41) is 0. The summed E-state index contributed by atoms with van der Waals surface area (Å²) in [6.45, 7) is 10.0. The fourth-order valence-electron chi connectivity index (χ4n) is 3.09. The number of morpholine rings is 1. The largest absolute Gasteiger partial charge is 0.370 e. The number of rotatable bonds is 9. The molecule has 0 N–H and O–H groups in total. The van der Waals surface area contributed by atoms with Crippen LogP contribution in [0.15, 0.2) is 0 Å². The lowest BCUT2D eigenvalue weighted by atomic mass is 10.0. The topological polar surface area (TPSA) is 12.5 Å². The van der Waals surface area contributed by atoms with Crippen LogP contribution < -0.4 is 0 Å². The third kappa shape index (κ3) is 8.21. The first-order chi connectivity index (χ1) is 9.03. The number of hydrogen-bond acceptors (Lipinski definition) is 3. The standard InChI is InChI=1S/C16H33NOS/c1-15-13-17(14-16(2,3)18-15)11-9-7-5-4-6-8-10-12-19/h15,19H,4-14H2,1-3H3. The van der Waals surface area contributed by atoms with E-state index in [0.29, 0.717) is 6.10 Å². The fourth-order valence-corrected chi connectivity index (χ4v) is 3.31. The minimum absolute atomic E-state index is 0.0323. The first-order valence-corrected chi connectivity index (χ1v) is 8.68. The van der Waals surface area contributed by atoms with E-state index in [1.54, 1.807) is 0 Å². The van der Waals surface area contributed by atoms with Gasteiger partial charge in [0.05, 0.1) is 11.7 Å². The summed E-state index contributed by atoms with van der Waals surface area (Å²) >= 11 is 4.24. The zero-order valence-electron chi connectivity index (χ0n) is 13.2. The lowest BCUT2D eigenvalue weighted by molar-refractivity contribution is -0.128. The number of unbranched alkanes of at least 4 members (excludes halogenated alkanes) is 6. The molecule has 0 aromatic rings. The van der Waals surface area contributed by atoms with E-state index in [4.69, 9.17) is 4.74 Å². The van der Waals surface area contributed by atoms with Crippen molar-refractivity contribution >= 4 is 12.6 Å². The number of thiol groups is 1. The molecule has 0 radical (unpaired) electrons. The first-order valence-electron chi connectivity index (χ1n) is 8.04. The quantitative estimate of drug-likeness (QED) is 0.505. The van der Waals surface area contributed by atoms with Gasteiger partial charge < -0.3 is 4.74 Å². The van der Waals surface area contributed by atoms with Gasteiger partial charge in [0.1, 0.15) is 0 Å². The van der Waals surface area contributed by atoms with Crippen molar-refractivity contribution in [3.05, 3.63) is 0 Å². The molecule has 0 aliphatic carbocycles. The minimum Gasteiger partial charge on any atom is -0.370 e. The van der Waals surface area contributed by atoms with E-state index in [0.717, 1.165) is 18.8 Å². The Morgan fingerprint density at radius 1 is 1.05 bits per heavy atom. The molecule has 1 aliphatic heterocycles. The maximum absolute atomic E-state index is 5.94. The number of hydrogen-bond donors (Lipinski definition) is 1. The lowest BCUT2D eigenvalue weighted by Gasteiger charge is -2.41. The summed E-state index contributed by atoms with van der Waals surface area (Å²) in [6.07, 6.45) is 9.94. The summed E-state index contributed by atoms with van der Waals surface area (Å²) in [6, 6.07) is 0. The molecule has 1 aliphatic rings. The fraction of sp³-hybridized carbons (Fsp3) is 1.00. The molecule has 1 atom stereocenters. The van der Waals surface area contributed by atoms with Gasteiger partial charge in [0.25, 0.3) is 0 Å². The van der Waals surface area contributed by atoms with Crippen LogP contribution in [0.5, 0.6) is 0 Å². The molecule has 2 nitrogen and oxygen atoms in total. The Labute approximate surface area is 125 Å².